The first-order valence-corrected chi connectivity index (χ1v) is 7.59. The molecule has 112 valence electrons. The fourth-order valence-corrected chi connectivity index (χ4v) is 3.34. The van der Waals surface area contributed by atoms with E-state index in [9.17, 15) is 17.2 Å². The molecule has 0 spiro atoms. The van der Waals surface area contributed by atoms with Crippen LogP contribution in [0.15, 0.2) is 41.3 Å². The number of methoxy groups -OCH3 is 1. The molecule has 7 heteroatoms. The third-order valence-corrected chi connectivity index (χ3v) is 4.56. The number of rotatable bonds is 4. The molecule has 0 aliphatic rings. The predicted molar refractivity (Wildman–Crippen MR) is 74.7 cm³/mol. The predicted octanol–water partition coefficient (Wildman–Crippen LogP) is 2.53. The van der Waals surface area contributed by atoms with Crippen LogP contribution in [0.3, 0.4) is 0 Å². The molecule has 0 unspecified atom stereocenters. The van der Waals surface area contributed by atoms with Crippen LogP contribution in [0.25, 0.3) is 0 Å². The van der Waals surface area contributed by atoms with Gasteiger partial charge in [0.2, 0.25) is 0 Å². The van der Waals surface area contributed by atoms with Crippen molar-refractivity contribution in [3.05, 3.63) is 53.6 Å². The maximum atomic E-state index is 13.6. The largest absolute Gasteiger partial charge is 0.496 e. The van der Waals surface area contributed by atoms with Crippen LogP contribution in [-0.4, -0.2) is 15.5 Å². The third kappa shape index (κ3) is 3.30. The summed E-state index contributed by atoms with van der Waals surface area (Å²) in [4.78, 5) is -0.679. The molecular formula is C14H13F2NO3S. The van der Waals surface area contributed by atoms with Gasteiger partial charge in [-0.05, 0) is 24.3 Å². The Labute approximate surface area is 121 Å². The summed E-state index contributed by atoms with van der Waals surface area (Å²) in [6, 6.07) is 6.75. The maximum absolute atomic E-state index is 13.6. The lowest BCUT2D eigenvalue weighted by molar-refractivity contribution is 0.411. The van der Waals surface area contributed by atoms with Crippen molar-refractivity contribution < 1.29 is 21.9 Å². The summed E-state index contributed by atoms with van der Waals surface area (Å²) in [5.41, 5.74) is 6.31. The van der Waals surface area contributed by atoms with Crippen LogP contribution in [0.4, 0.5) is 14.5 Å². The van der Waals surface area contributed by atoms with Gasteiger partial charge in [0.15, 0.2) is 9.84 Å². The number of nitrogen functional groups attached to an aromatic ring is 1. The van der Waals surface area contributed by atoms with Crippen LogP contribution in [-0.2, 0) is 15.6 Å². The van der Waals surface area contributed by atoms with E-state index >= 15 is 0 Å². The molecular weight excluding hydrogens is 300 g/mol. The Balaban J connectivity index is 2.45. The van der Waals surface area contributed by atoms with Crippen molar-refractivity contribution in [3.8, 4) is 5.75 Å². The second kappa shape index (κ2) is 5.69. The summed E-state index contributed by atoms with van der Waals surface area (Å²) >= 11 is 0. The molecule has 0 aliphatic carbocycles. The Morgan fingerprint density at radius 2 is 1.86 bits per heavy atom. The molecule has 21 heavy (non-hydrogen) atoms. The van der Waals surface area contributed by atoms with Crippen molar-refractivity contribution in [2.45, 2.75) is 10.6 Å². The van der Waals surface area contributed by atoms with Gasteiger partial charge in [-0.2, -0.15) is 0 Å². The normalized spacial score (nSPS) is 11.4. The van der Waals surface area contributed by atoms with Crippen LogP contribution in [0, 0.1) is 11.6 Å². The van der Waals surface area contributed by atoms with Crippen LogP contribution in [0.1, 0.15) is 5.56 Å². The molecule has 0 aliphatic heterocycles. The molecule has 0 bridgehead atoms. The minimum absolute atomic E-state index is 0.274. The van der Waals surface area contributed by atoms with Gasteiger partial charge in [-0.25, -0.2) is 17.2 Å². The molecule has 0 amide bonds. The number of halogens is 2. The Hall–Kier alpha value is -2.15. The minimum atomic E-state index is -4.05. The molecule has 0 saturated heterocycles. The lowest BCUT2D eigenvalue weighted by atomic mass is 10.2. The van der Waals surface area contributed by atoms with Gasteiger partial charge in [-0.3, -0.25) is 0 Å². The second-order valence-electron chi connectivity index (χ2n) is 4.41. The fraction of sp³-hybridized carbons (Fsp3) is 0.143. The topological polar surface area (TPSA) is 69.4 Å². The number of ether oxygens (including phenoxy) is 1. The highest BCUT2D eigenvalue weighted by Gasteiger charge is 2.22. The van der Waals surface area contributed by atoms with E-state index in [1.165, 1.54) is 25.3 Å². The van der Waals surface area contributed by atoms with Gasteiger partial charge >= 0.3 is 0 Å². The standard InChI is InChI=1S/C14H13F2NO3S/c1-20-13-7-11(17)4-2-9(13)8-21(18,19)14-6-10(15)3-5-12(14)16/h2-7H,8,17H2,1H3. The Morgan fingerprint density at radius 3 is 2.52 bits per heavy atom. The van der Waals surface area contributed by atoms with Gasteiger partial charge < -0.3 is 10.5 Å². The van der Waals surface area contributed by atoms with Crippen LogP contribution < -0.4 is 10.5 Å². The molecule has 4 nitrogen and oxygen atoms in total. The van der Waals surface area contributed by atoms with Crippen molar-refractivity contribution in [2.24, 2.45) is 0 Å². The maximum Gasteiger partial charge on any atom is 0.185 e. The van der Waals surface area contributed by atoms with Gasteiger partial charge in [0, 0.05) is 17.3 Å². The van der Waals surface area contributed by atoms with Crippen LogP contribution in [0.2, 0.25) is 0 Å². The SMILES string of the molecule is COc1cc(N)ccc1CS(=O)(=O)c1cc(F)ccc1F. The van der Waals surface area contributed by atoms with Gasteiger partial charge in [-0.15, -0.1) is 0 Å². The molecule has 0 aromatic heterocycles. The highest BCUT2D eigenvalue weighted by Crippen LogP contribution is 2.27. The lowest BCUT2D eigenvalue weighted by Gasteiger charge is -2.10. The first-order valence-electron chi connectivity index (χ1n) is 5.93. The van der Waals surface area contributed by atoms with Crippen LogP contribution in [0.5, 0.6) is 5.75 Å². The molecule has 2 rings (SSSR count). The van der Waals surface area contributed by atoms with Gasteiger partial charge in [0.05, 0.1) is 12.9 Å². The molecule has 0 fully saturated rings. The summed E-state index contributed by atoms with van der Waals surface area (Å²) in [6.07, 6.45) is 0. The quantitative estimate of drug-likeness (QED) is 0.881. The van der Waals surface area contributed by atoms with Crippen LogP contribution >= 0.6 is 0 Å². The van der Waals surface area contributed by atoms with Crippen molar-refractivity contribution >= 4 is 15.5 Å². The monoisotopic (exact) mass is 313 g/mol. The van der Waals surface area contributed by atoms with E-state index in [1.54, 1.807) is 0 Å². The third-order valence-electron chi connectivity index (χ3n) is 2.88. The van der Waals surface area contributed by atoms with Crippen molar-refractivity contribution in [3.63, 3.8) is 0 Å². The molecule has 0 radical (unpaired) electrons. The Morgan fingerprint density at radius 1 is 1.14 bits per heavy atom. The smallest absolute Gasteiger partial charge is 0.185 e. The molecule has 2 aromatic rings. The van der Waals surface area contributed by atoms with Crippen molar-refractivity contribution in [2.75, 3.05) is 12.8 Å². The number of hydrogen-bond acceptors (Lipinski definition) is 4. The first-order chi connectivity index (χ1) is 9.83. The lowest BCUT2D eigenvalue weighted by Crippen LogP contribution is -2.09. The zero-order chi connectivity index (χ0) is 15.6. The number of hydrogen-bond donors (Lipinski definition) is 1. The molecule has 0 saturated carbocycles. The molecule has 0 atom stereocenters. The molecule has 2 aromatic carbocycles. The number of benzene rings is 2. The number of anilines is 1. The van der Waals surface area contributed by atoms with E-state index in [0.29, 0.717) is 17.3 Å². The average molecular weight is 313 g/mol. The van der Waals surface area contributed by atoms with E-state index in [-0.39, 0.29) is 5.75 Å². The Bertz CT molecular complexity index is 776. The van der Waals surface area contributed by atoms with E-state index in [0.717, 1.165) is 12.1 Å². The zero-order valence-corrected chi connectivity index (χ0v) is 12.0. The number of nitrogens with two attached hydrogens (primary N) is 1. The van der Waals surface area contributed by atoms with Gasteiger partial charge in [-0.1, -0.05) is 6.07 Å². The molecule has 2 N–H and O–H groups in total. The van der Waals surface area contributed by atoms with Crippen molar-refractivity contribution in [1.29, 1.82) is 0 Å². The summed E-state index contributed by atoms with van der Waals surface area (Å²) in [6.45, 7) is 0. The fourth-order valence-electron chi connectivity index (χ4n) is 1.88. The number of sulfone groups is 1. The summed E-state index contributed by atoms with van der Waals surface area (Å²) in [5.74, 6) is -2.06. The molecule has 0 heterocycles. The highest BCUT2D eigenvalue weighted by molar-refractivity contribution is 7.90. The first kappa shape index (κ1) is 15.2. The minimum Gasteiger partial charge on any atom is -0.496 e. The zero-order valence-electron chi connectivity index (χ0n) is 11.1. The summed E-state index contributed by atoms with van der Waals surface area (Å²) in [7, 11) is -2.68. The van der Waals surface area contributed by atoms with E-state index < -0.39 is 32.1 Å². The van der Waals surface area contributed by atoms with Gasteiger partial charge in [0.1, 0.15) is 22.3 Å². The van der Waals surface area contributed by atoms with Gasteiger partial charge in [0.25, 0.3) is 0 Å². The van der Waals surface area contributed by atoms with E-state index in [2.05, 4.69) is 0 Å². The van der Waals surface area contributed by atoms with E-state index in [1.807, 2.05) is 0 Å². The Kier molecular flexibility index (Phi) is 4.13. The summed E-state index contributed by atoms with van der Waals surface area (Å²) in [5, 5.41) is 0. The van der Waals surface area contributed by atoms with Crippen molar-refractivity contribution in [1.82, 2.24) is 0 Å². The highest BCUT2D eigenvalue weighted by atomic mass is 32.2. The average Bonchev–Trinajstić information content (AvgIpc) is 2.43. The van der Waals surface area contributed by atoms with E-state index in [4.69, 9.17) is 10.5 Å². The second-order valence-corrected chi connectivity index (χ2v) is 6.36. The summed E-state index contributed by atoms with van der Waals surface area (Å²) < 4.78 is 56.3.